The van der Waals surface area contributed by atoms with Crippen molar-refractivity contribution in [2.24, 2.45) is 16.7 Å². The maximum absolute atomic E-state index is 5.60. The van der Waals surface area contributed by atoms with Gasteiger partial charge in [-0.2, -0.15) is 0 Å². The highest BCUT2D eigenvalue weighted by atomic mass is 16.5. The molecule has 1 aromatic carbocycles. The molecule has 0 saturated heterocycles. The third kappa shape index (κ3) is 2.59. The summed E-state index contributed by atoms with van der Waals surface area (Å²) in [4.78, 5) is 0. The highest BCUT2D eigenvalue weighted by Crippen LogP contribution is 2.62. The van der Waals surface area contributed by atoms with E-state index in [0.717, 1.165) is 24.8 Å². The average Bonchev–Trinajstić information content (AvgIpc) is 2.90. The van der Waals surface area contributed by atoms with Crippen molar-refractivity contribution in [2.75, 3.05) is 6.61 Å². The van der Waals surface area contributed by atoms with Crippen LogP contribution in [0.3, 0.4) is 0 Å². The van der Waals surface area contributed by atoms with E-state index in [2.05, 4.69) is 44.3 Å². The maximum Gasteiger partial charge on any atom is 0.119 e. The molecule has 0 aromatic heterocycles. The number of benzene rings is 1. The predicted octanol–water partition coefficient (Wildman–Crippen LogP) is 4.39. The number of nitrogens with one attached hydrogen (secondary N) is 1. The Labute approximate surface area is 129 Å². The van der Waals surface area contributed by atoms with E-state index in [-0.39, 0.29) is 0 Å². The van der Waals surface area contributed by atoms with Gasteiger partial charge in [0.2, 0.25) is 0 Å². The Kier molecular flexibility index (Phi) is 3.77. The molecule has 2 nitrogen and oxygen atoms in total. The topological polar surface area (TPSA) is 21.3 Å². The van der Waals surface area contributed by atoms with Gasteiger partial charge in [-0.15, -0.1) is 0 Å². The zero-order valence-electron chi connectivity index (χ0n) is 13.9. The fourth-order valence-corrected chi connectivity index (χ4v) is 4.94. The molecule has 2 aliphatic carbocycles. The van der Waals surface area contributed by atoms with Gasteiger partial charge in [-0.3, -0.25) is 0 Å². The maximum atomic E-state index is 5.60. The van der Waals surface area contributed by atoms with Crippen LogP contribution in [-0.4, -0.2) is 12.6 Å². The van der Waals surface area contributed by atoms with E-state index >= 15 is 0 Å². The third-order valence-electron chi connectivity index (χ3n) is 5.99. The fourth-order valence-electron chi connectivity index (χ4n) is 4.94. The number of hydrogen-bond acceptors (Lipinski definition) is 2. The molecule has 116 valence electrons. The Bertz CT molecular complexity index is 505. The molecule has 2 aliphatic rings. The van der Waals surface area contributed by atoms with Gasteiger partial charge in [0.15, 0.2) is 0 Å². The minimum atomic E-state index is 0.421. The number of rotatable bonds is 5. The SMILES string of the molecule is CCOc1cccc(CNC2C(C)(C)[C@H]3CC[C@]2(C)C3)c1. The Morgan fingerprint density at radius 1 is 1.29 bits per heavy atom. The van der Waals surface area contributed by atoms with Crippen LogP contribution in [0.2, 0.25) is 0 Å². The number of fused-ring (bicyclic) bond motifs is 2. The van der Waals surface area contributed by atoms with Gasteiger partial charge in [-0.25, -0.2) is 0 Å². The predicted molar refractivity (Wildman–Crippen MR) is 87.5 cm³/mol. The van der Waals surface area contributed by atoms with E-state index in [1.807, 2.05) is 13.0 Å². The Balaban J connectivity index is 1.69. The molecule has 3 atom stereocenters. The smallest absolute Gasteiger partial charge is 0.119 e. The first kappa shape index (κ1) is 14.9. The number of hydrogen-bond donors (Lipinski definition) is 1. The van der Waals surface area contributed by atoms with Crippen molar-refractivity contribution in [3.63, 3.8) is 0 Å². The van der Waals surface area contributed by atoms with Crippen LogP contribution in [0.25, 0.3) is 0 Å². The van der Waals surface area contributed by atoms with Crippen LogP contribution in [0.4, 0.5) is 0 Å². The van der Waals surface area contributed by atoms with E-state index < -0.39 is 0 Å². The summed E-state index contributed by atoms with van der Waals surface area (Å²) >= 11 is 0. The second kappa shape index (κ2) is 5.31. The summed E-state index contributed by atoms with van der Waals surface area (Å²) in [5.74, 6) is 1.88. The minimum Gasteiger partial charge on any atom is -0.494 e. The molecule has 0 heterocycles. The van der Waals surface area contributed by atoms with Crippen molar-refractivity contribution in [3.8, 4) is 5.75 Å². The van der Waals surface area contributed by atoms with Gasteiger partial charge < -0.3 is 10.1 Å². The first-order chi connectivity index (χ1) is 9.95. The van der Waals surface area contributed by atoms with Crippen LogP contribution in [0.1, 0.15) is 52.5 Å². The van der Waals surface area contributed by atoms with Crippen LogP contribution in [0.15, 0.2) is 24.3 Å². The van der Waals surface area contributed by atoms with Crippen LogP contribution in [0, 0.1) is 16.7 Å². The van der Waals surface area contributed by atoms with E-state index in [9.17, 15) is 0 Å². The monoisotopic (exact) mass is 287 g/mol. The second-order valence-corrected chi connectivity index (χ2v) is 7.81. The fraction of sp³-hybridized carbons (Fsp3) is 0.684. The lowest BCUT2D eigenvalue weighted by Gasteiger charge is -2.43. The summed E-state index contributed by atoms with van der Waals surface area (Å²) in [5.41, 5.74) is 2.24. The third-order valence-corrected chi connectivity index (χ3v) is 5.99. The first-order valence-electron chi connectivity index (χ1n) is 8.41. The van der Waals surface area contributed by atoms with E-state index in [1.165, 1.54) is 24.8 Å². The van der Waals surface area contributed by atoms with E-state index in [0.29, 0.717) is 16.9 Å². The molecule has 1 aromatic rings. The molecule has 0 radical (unpaired) electrons. The molecular weight excluding hydrogens is 258 g/mol. The summed E-state index contributed by atoms with van der Waals surface area (Å²) in [6.45, 7) is 11.1. The van der Waals surface area contributed by atoms with Gasteiger partial charge in [-0.05, 0) is 60.6 Å². The van der Waals surface area contributed by atoms with Crippen LogP contribution < -0.4 is 10.1 Å². The zero-order valence-corrected chi connectivity index (χ0v) is 13.9. The molecule has 21 heavy (non-hydrogen) atoms. The van der Waals surface area contributed by atoms with Crippen molar-refractivity contribution in [1.29, 1.82) is 0 Å². The van der Waals surface area contributed by atoms with Crippen molar-refractivity contribution in [3.05, 3.63) is 29.8 Å². The van der Waals surface area contributed by atoms with Crippen molar-refractivity contribution < 1.29 is 4.74 Å². The molecule has 2 bridgehead atoms. The van der Waals surface area contributed by atoms with Crippen LogP contribution in [0.5, 0.6) is 5.75 Å². The molecule has 3 rings (SSSR count). The van der Waals surface area contributed by atoms with Crippen molar-refractivity contribution in [1.82, 2.24) is 5.32 Å². The summed E-state index contributed by atoms with van der Waals surface area (Å²) in [5, 5.41) is 3.87. The molecule has 0 amide bonds. The van der Waals surface area contributed by atoms with Gasteiger partial charge in [0, 0.05) is 12.6 Å². The first-order valence-corrected chi connectivity index (χ1v) is 8.41. The van der Waals surface area contributed by atoms with E-state index in [1.54, 1.807) is 0 Å². The highest BCUT2D eigenvalue weighted by molar-refractivity contribution is 5.28. The Hall–Kier alpha value is -1.02. The molecule has 1 N–H and O–H groups in total. The Morgan fingerprint density at radius 2 is 2.10 bits per heavy atom. The lowest BCUT2D eigenvalue weighted by Crippen LogP contribution is -2.49. The molecule has 2 fully saturated rings. The standard InChI is InChI=1S/C19H29NO/c1-5-21-16-8-6-7-14(11-16)13-20-17-18(2,3)15-9-10-19(17,4)12-15/h6-8,11,15,17,20H,5,9-10,12-13H2,1-4H3/t15-,17?,19+/m0/s1. The highest BCUT2D eigenvalue weighted by Gasteiger charge is 2.58. The summed E-state index contributed by atoms with van der Waals surface area (Å²) in [6.07, 6.45) is 4.20. The Morgan fingerprint density at radius 3 is 2.76 bits per heavy atom. The summed E-state index contributed by atoms with van der Waals surface area (Å²) < 4.78 is 5.60. The molecule has 1 unspecified atom stereocenters. The molecular formula is C19H29NO. The van der Waals surface area contributed by atoms with Gasteiger partial charge >= 0.3 is 0 Å². The van der Waals surface area contributed by atoms with Crippen molar-refractivity contribution in [2.45, 2.75) is 59.5 Å². The zero-order chi connectivity index (χ0) is 15.1. The summed E-state index contributed by atoms with van der Waals surface area (Å²) in [6, 6.07) is 9.11. The minimum absolute atomic E-state index is 0.421. The van der Waals surface area contributed by atoms with E-state index in [4.69, 9.17) is 4.74 Å². The summed E-state index contributed by atoms with van der Waals surface area (Å²) in [7, 11) is 0. The average molecular weight is 287 g/mol. The lowest BCUT2D eigenvalue weighted by molar-refractivity contribution is 0.108. The lowest BCUT2D eigenvalue weighted by atomic mass is 9.68. The van der Waals surface area contributed by atoms with Gasteiger partial charge in [0.1, 0.15) is 5.75 Å². The van der Waals surface area contributed by atoms with Gasteiger partial charge in [0.05, 0.1) is 6.61 Å². The van der Waals surface area contributed by atoms with Gasteiger partial charge in [0.25, 0.3) is 0 Å². The molecule has 2 saturated carbocycles. The number of ether oxygens (including phenoxy) is 1. The van der Waals surface area contributed by atoms with Gasteiger partial charge in [-0.1, -0.05) is 32.9 Å². The quantitative estimate of drug-likeness (QED) is 0.867. The largest absolute Gasteiger partial charge is 0.494 e. The molecule has 2 heteroatoms. The van der Waals surface area contributed by atoms with Crippen molar-refractivity contribution >= 4 is 0 Å². The molecule has 0 spiro atoms. The normalized spacial score (nSPS) is 33.3. The van der Waals surface area contributed by atoms with Crippen LogP contribution >= 0.6 is 0 Å². The second-order valence-electron chi connectivity index (χ2n) is 7.81. The molecule has 0 aliphatic heterocycles. The van der Waals surface area contributed by atoms with Crippen LogP contribution in [-0.2, 0) is 6.54 Å².